The van der Waals surface area contributed by atoms with Crippen LogP contribution in [0.15, 0.2) is 0 Å². The number of hydrogen-bond donors (Lipinski definition) is 1. The van der Waals surface area contributed by atoms with Gasteiger partial charge in [-0.25, -0.2) is 9.97 Å². The van der Waals surface area contributed by atoms with Crippen LogP contribution >= 0.6 is 0 Å². The minimum atomic E-state index is -0.298. The summed E-state index contributed by atoms with van der Waals surface area (Å²) in [5.74, 6) is 2.62. The molecule has 1 N–H and O–H groups in total. The molecular formula is C17H29N3O. The largest absolute Gasteiger partial charge is 0.370 e. The number of methoxy groups -OCH3 is 1. The van der Waals surface area contributed by atoms with Crippen molar-refractivity contribution in [3.63, 3.8) is 0 Å². The van der Waals surface area contributed by atoms with Crippen molar-refractivity contribution in [2.24, 2.45) is 5.92 Å². The highest BCUT2D eigenvalue weighted by Crippen LogP contribution is 2.41. The van der Waals surface area contributed by atoms with Crippen LogP contribution in [-0.2, 0) is 16.8 Å². The fourth-order valence-electron chi connectivity index (χ4n) is 3.28. The fraction of sp³-hybridized carbons (Fsp3) is 0.765. The van der Waals surface area contributed by atoms with E-state index in [9.17, 15) is 0 Å². The smallest absolute Gasteiger partial charge is 0.162 e. The molecule has 0 bridgehead atoms. The first kappa shape index (κ1) is 16.2. The second kappa shape index (κ2) is 6.73. The summed E-state index contributed by atoms with van der Waals surface area (Å²) in [6.07, 6.45) is 5.35. The Balaban J connectivity index is 2.42. The van der Waals surface area contributed by atoms with Crippen molar-refractivity contribution in [1.29, 1.82) is 0 Å². The van der Waals surface area contributed by atoms with Crippen molar-refractivity contribution >= 4 is 5.82 Å². The maximum atomic E-state index is 5.92. The molecule has 1 saturated carbocycles. The third-order valence-electron chi connectivity index (χ3n) is 4.79. The Morgan fingerprint density at radius 1 is 1.24 bits per heavy atom. The number of aromatic nitrogens is 2. The normalized spacial score (nSPS) is 25.9. The zero-order chi connectivity index (χ0) is 15.5. The Labute approximate surface area is 128 Å². The molecule has 0 radical (unpaired) electrons. The van der Waals surface area contributed by atoms with E-state index >= 15 is 0 Å². The maximum absolute atomic E-state index is 5.92. The monoisotopic (exact) mass is 291 g/mol. The van der Waals surface area contributed by atoms with Crippen LogP contribution in [0.2, 0.25) is 0 Å². The highest BCUT2D eigenvalue weighted by molar-refractivity contribution is 5.47. The minimum Gasteiger partial charge on any atom is -0.370 e. The lowest BCUT2D eigenvalue weighted by Crippen LogP contribution is -2.35. The summed E-state index contributed by atoms with van der Waals surface area (Å²) in [6.45, 7) is 9.53. The Morgan fingerprint density at radius 3 is 2.43 bits per heavy atom. The highest BCUT2D eigenvalue weighted by atomic mass is 16.5. The third kappa shape index (κ3) is 3.20. The molecule has 1 aromatic rings. The first-order valence-corrected chi connectivity index (χ1v) is 8.23. The molecule has 118 valence electrons. The molecule has 0 aliphatic heterocycles. The third-order valence-corrected chi connectivity index (χ3v) is 4.79. The molecule has 1 aliphatic carbocycles. The quantitative estimate of drug-likeness (QED) is 0.895. The highest BCUT2D eigenvalue weighted by Gasteiger charge is 2.39. The molecule has 0 unspecified atom stereocenters. The zero-order valence-electron chi connectivity index (χ0n) is 14.1. The van der Waals surface area contributed by atoms with Gasteiger partial charge in [0.25, 0.3) is 0 Å². The zero-order valence-corrected chi connectivity index (χ0v) is 14.1. The Bertz CT molecular complexity index is 479. The van der Waals surface area contributed by atoms with E-state index in [0.29, 0.717) is 0 Å². The fourth-order valence-corrected chi connectivity index (χ4v) is 3.28. The van der Waals surface area contributed by atoms with Crippen molar-refractivity contribution in [1.82, 2.24) is 9.97 Å². The van der Waals surface area contributed by atoms with Crippen LogP contribution in [0.4, 0.5) is 5.82 Å². The SMILES string of the molecule is CCNc1nc(C2(OC)CCC(C)CC2)nc(C)c1CC. The van der Waals surface area contributed by atoms with Crippen LogP contribution in [0.25, 0.3) is 0 Å². The predicted octanol–water partition coefficient (Wildman–Crippen LogP) is 3.83. The molecule has 0 spiro atoms. The summed E-state index contributed by atoms with van der Waals surface area (Å²) in [5, 5.41) is 3.39. The van der Waals surface area contributed by atoms with Gasteiger partial charge in [0.15, 0.2) is 5.82 Å². The predicted molar refractivity (Wildman–Crippen MR) is 86.6 cm³/mol. The number of rotatable bonds is 5. The molecule has 1 fully saturated rings. The molecule has 4 heteroatoms. The lowest BCUT2D eigenvalue weighted by Gasteiger charge is -2.37. The van der Waals surface area contributed by atoms with Gasteiger partial charge in [-0.1, -0.05) is 13.8 Å². The molecule has 4 nitrogen and oxygen atoms in total. The van der Waals surface area contributed by atoms with E-state index in [1.165, 1.54) is 18.4 Å². The van der Waals surface area contributed by atoms with Crippen molar-refractivity contribution < 1.29 is 4.74 Å². The Morgan fingerprint density at radius 2 is 1.90 bits per heavy atom. The number of hydrogen-bond acceptors (Lipinski definition) is 4. The van der Waals surface area contributed by atoms with E-state index in [-0.39, 0.29) is 5.60 Å². The molecule has 0 saturated heterocycles. The van der Waals surface area contributed by atoms with Crippen LogP contribution in [0, 0.1) is 12.8 Å². The van der Waals surface area contributed by atoms with E-state index in [2.05, 4.69) is 33.0 Å². The van der Waals surface area contributed by atoms with Gasteiger partial charge in [0.2, 0.25) is 0 Å². The van der Waals surface area contributed by atoms with Gasteiger partial charge in [-0.3, -0.25) is 0 Å². The van der Waals surface area contributed by atoms with Gasteiger partial charge >= 0.3 is 0 Å². The molecule has 1 aromatic heterocycles. The topological polar surface area (TPSA) is 47.0 Å². The minimum absolute atomic E-state index is 0.298. The van der Waals surface area contributed by atoms with Gasteiger partial charge in [0, 0.05) is 24.9 Å². The van der Waals surface area contributed by atoms with Gasteiger partial charge in [-0.15, -0.1) is 0 Å². The van der Waals surface area contributed by atoms with Crippen LogP contribution in [0.3, 0.4) is 0 Å². The van der Waals surface area contributed by atoms with E-state index in [0.717, 1.165) is 49.1 Å². The first-order chi connectivity index (χ1) is 10.1. The lowest BCUT2D eigenvalue weighted by atomic mass is 9.79. The summed E-state index contributed by atoms with van der Waals surface area (Å²) < 4.78 is 5.92. The number of nitrogens with one attached hydrogen (secondary N) is 1. The number of anilines is 1. The molecule has 0 atom stereocenters. The molecule has 1 heterocycles. The van der Waals surface area contributed by atoms with Gasteiger partial charge in [0.05, 0.1) is 0 Å². The summed E-state index contributed by atoms with van der Waals surface area (Å²) >= 11 is 0. The molecule has 21 heavy (non-hydrogen) atoms. The second-order valence-electron chi connectivity index (χ2n) is 6.22. The van der Waals surface area contributed by atoms with Gasteiger partial charge < -0.3 is 10.1 Å². The number of nitrogens with zero attached hydrogens (tertiary/aromatic N) is 2. The van der Waals surface area contributed by atoms with Gasteiger partial charge in [0.1, 0.15) is 11.4 Å². The number of aryl methyl sites for hydroxylation is 1. The van der Waals surface area contributed by atoms with E-state index in [4.69, 9.17) is 14.7 Å². The molecule has 0 amide bonds. The van der Waals surface area contributed by atoms with Gasteiger partial charge in [-0.2, -0.15) is 0 Å². The molecular weight excluding hydrogens is 262 g/mol. The van der Waals surface area contributed by atoms with Crippen LogP contribution < -0.4 is 5.32 Å². The van der Waals surface area contributed by atoms with Gasteiger partial charge in [-0.05, 0) is 51.9 Å². The molecule has 1 aliphatic rings. The van der Waals surface area contributed by atoms with Crippen LogP contribution in [-0.4, -0.2) is 23.6 Å². The van der Waals surface area contributed by atoms with E-state index < -0.39 is 0 Å². The lowest BCUT2D eigenvalue weighted by molar-refractivity contribution is -0.0597. The first-order valence-electron chi connectivity index (χ1n) is 8.23. The van der Waals surface area contributed by atoms with Crippen molar-refractivity contribution in [3.05, 3.63) is 17.1 Å². The Kier molecular flexibility index (Phi) is 5.20. The standard InChI is InChI=1S/C17H29N3O/c1-6-14-13(4)19-16(20-15(14)18-7-2)17(21-5)10-8-12(3)9-11-17/h12H,6-11H2,1-5H3,(H,18,19,20). The van der Waals surface area contributed by atoms with Crippen LogP contribution in [0.1, 0.15) is 63.5 Å². The molecule has 0 aromatic carbocycles. The van der Waals surface area contributed by atoms with Crippen LogP contribution in [0.5, 0.6) is 0 Å². The van der Waals surface area contributed by atoms with Crippen molar-refractivity contribution in [2.45, 2.75) is 65.4 Å². The average molecular weight is 291 g/mol. The summed E-state index contributed by atoms with van der Waals surface area (Å²) in [5.41, 5.74) is 2.00. The summed E-state index contributed by atoms with van der Waals surface area (Å²) in [6, 6.07) is 0. The van der Waals surface area contributed by atoms with Crippen molar-refractivity contribution in [2.75, 3.05) is 19.0 Å². The van der Waals surface area contributed by atoms with E-state index in [1.54, 1.807) is 7.11 Å². The maximum Gasteiger partial charge on any atom is 0.162 e. The van der Waals surface area contributed by atoms with E-state index in [1.807, 2.05) is 0 Å². The second-order valence-corrected chi connectivity index (χ2v) is 6.22. The Hall–Kier alpha value is -1.16. The summed E-state index contributed by atoms with van der Waals surface area (Å²) in [7, 11) is 1.80. The molecule has 2 rings (SSSR count). The number of ether oxygens (including phenoxy) is 1. The average Bonchev–Trinajstić information content (AvgIpc) is 2.48. The van der Waals surface area contributed by atoms with Crippen molar-refractivity contribution in [3.8, 4) is 0 Å². The summed E-state index contributed by atoms with van der Waals surface area (Å²) in [4.78, 5) is 9.64.